The maximum Gasteiger partial charge on any atom is 0.221 e. The van der Waals surface area contributed by atoms with Crippen LogP contribution in [0.2, 0.25) is 0 Å². The molecule has 0 saturated carbocycles. The third-order valence-electron chi connectivity index (χ3n) is 3.76. The highest BCUT2D eigenvalue weighted by Gasteiger charge is 2.04. The van der Waals surface area contributed by atoms with Gasteiger partial charge in [-0.15, -0.1) is 0 Å². The number of rotatable bonds is 14. The zero-order valence-corrected chi connectivity index (χ0v) is 14.0. The quantitative estimate of drug-likeness (QED) is 0.473. The first-order valence-corrected chi connectivity index (χ1v) is 8.70. The number of amides is 1. The van der Waals surface area contributed by atoms with Gasteiger partial charge < -0.3 is 10.6 Å². The van der Waals surface area contributed by atoms with Crippen LogP contribution in [0.3, 0.4) is 0 Å². The third kappa shape index (κ3) is 13.9. The highest BCUT2D eigenvalue weighted by molar-refractivity contribution is 5.76. The molecule has 1 unspecified atom stereocenters. The smallest absolute Gasteiger partial charge is 0.221 e. The van der Waals surface area contributed by atoms with Crippen LogP contribution in [0.15, 0.2) is 0 Å². The summed E-state index contributed by atoms with van der Waals surface area (Å²) < 4.78 is 0. The minimum absolute atomic E-state index is 0.169. The lowest BCUT2D eigenvalue weighted by molar-refractivity contribution is -0.121. The molecule has 1 atom stereocenters. The lowest BCUT2D eigenvalue weighted by atomic mass is 10.1. The molecule has 0 aliphatic carbocycles. The van der Waals surface area contributed by atoms with Crippen molar-refractivity contribution in [1.29, 1.82) is 0 Å². The van der Waals surface area contributed by atoms with E-state index >= 15 is 0 Å². The maximum absolute atomic E-state index is 11.5. The lowest BCUT2D eigenvalue weighted by Gasteiger charge is -2.11. The van der Waals surface area contributed by atoms with E-state index in [1.807, 2.05) is 6.92 Å². The summed E-state index contributed by atoms with van der Waals surface area (Å²) in [4.78, 5) is 11.5. The van der Waals surface area contributed by atoms with E-state index in [-0.39, 0.29) is 5.91 Å². The van der Waals surface area contributed by atoms with Gasteiger partial charge in [-0.2, -0.15) is 0 Å². The van der Waals surface area contributed by atoms with Crippen LogP contribution in [-0.2, 0) is 4.79 Å². The van der Waals surface area contributed by atoms with Gasteiger partial charge in [-0.25, -0.2) is 0 Å². The van der Waals surface area contributed by atoms with E-state index in [4.69, 9.17) is 0 Å². The summed E-state index contributed by atoms with van der Waals surface area (Å²) >= 11 is 0. The number of carbonyl (C=O) groups excluding carboxylic acids is 1. The predicted octanol–water partition coefficient (Wildman–Crippen LogP) is 4.02. The van der Waals surface area contributed by atoms with Crippen molar-refractivity contribution in [2.45, 2.75) is 91.0 Å². The van der Waals surface area contributed by atoms with E-state index in [1.165, 1.54) is 51.4 Å². The van der Waals surface area contributed by atoms with Gasteiger partial charge in [-0.05, 0) is 26.3 Å². The summed E-state index contributed by atoms with van der Waals surface area (Å²) in [7, 11) is 0. The van der Waals surface area contributed by atoms with Crippen molar-refractivity contribution in [3.05, 3.63) is 0 Å². The van der Waals surface area contributed by atoms with Gasteiger partial charge in [0.25, 0.3) is 0 Å². The van der Waals surface area contributed by atoms with E-state index < -0.39 is 0 Å². The topological polar surface area (TPSA) is 41.1 Å². The number of hydrogen-bond donors (Lipinski definition) is 2. The Labute approximate surface area is 126 Å². The molecular formula is C17H36N2O. The molecule has 0 rings (SSSR count). The zero-order chi connectivity index (χ0) is 15.1. The minimum Gasteiger partial charge on any atom is -0.354 e. The molecule has 0 heterocycles. The molecule has 0 aliphatic rings. The second-order valence-electron chi connectivity index (χ2n) is 5.85. The van der Waals surface area contributed by atoms with Crippen molar-refractivity contribution in [2.24, 2.45) is 0 Å². The third-order valence-corrected chi connectivity index (χ3v) is 3.76. The molecular weight excluding hydrogens is 248 g/mol. The zero-order valence-electron chi connectivity index (χ0n) is 14.0. The van der Waals surface area contributed by atoms with Crippen molar-refractivity contribution >= 4 is 5.91 Å². The Bertz CT molecular complexity index is 219. The first-order valence-electron chi connectivity index (χ1n) is 8.70. The van der Waals surface area contributed by atoms with E-state index in [0.717, 1.165) is 19.5 Å². The van der Waals surface area contributed by atoms with E-state index in [2.05, 4.69) is 24.5 Å². The Balaban J connectivity index is 3.14. The van der Waals surface area contributed by atoms with Crippen LogP contribution in [0.25, 0.3) is 0 Å². The van der Waals surface area contributed by atoms with Gasteiger partial charge in [0, 0.05) is 19.0 Å². The first-order chi connectivity index (χ1) is 9.70. The largest absolute Gasteiger partial charge is 0.354 e. The van der Waals surface area contributed by atoms with E-state index in [1.54, 1.807) is 0 Å². The number of hydrogen-bond acceptors (Lipinski definition) is 2. The molecule has 0 saturated heterocycles. The SMILES string of the molecule is CCCCCCCCCCNCCC(=O)NC(C)CC. The second-order valence-corrected chi connectivity index (χ2v) is 5.85. The molecule has 2 N–H and O–H groups in total. The molecule has 20 heavy (non-hydrogen) atoms. The Morgan fingerprint density at radius 1 is 0.900 bits per heavy atom. The summed E-state index contributed by atoms with van der Waals surface area (Å²) in [6, 6.07) is 0.301. The summed E-state index contributed by atoms with van der Waals surface area (Å²) in [5.74, 6) is 0.169. The van der Waals surface area contributed by atoms with Crippen LogP contribution in [0.1, 0.15) is 85.0 Å². The molecule has 1 amide bonds. The Morgan fingerprint density at radius 3 is 2.10 bits per heavy atom. The molecule has 0 bridgehead atoms. The lowest BCUT2D eigenvalue weighted by Crippen LogP contribution is -2.34. The van der Waals surface area contributed by atoms with Crippen molar-refractivity contribution in [3.63, 3.8) is 0 Å². The molecule has 0 radical (unpaired) electrons. The fourth-order valence-electron chi connectivity index (χ4n) is 2.16. The monoisotopic (exact) mass is 284 g/mol. The van der Waals surface area contributed by atoms with Crippen molar-refractivity contribution in [3.8, 4) is 0 Å². The average molecular weight is 284 g/mol. The van der Waals surface area contributed by atoms with Crippen LogP contribution in [-0.4, -0.2) is 25.0 Å². The number of carbonyl (C=O) groups is 1. The highest BCUT2D eigenvalue weighted by atomic mass is 16.1. The normalized spacial score (nSPS) is 12.3. The van der Waals surface area contributed by atoms with Gasteiger partial charge in [-0.3, -0.25) is 4.79 Å². The van der Waals surface area contributed by atoms with Gasteiger partial charge >= 0.3 is 0 Å². The summed E-state index contributed by atoms with van der Waals surface area (Å²) in [6.45, 7) is 8.25. The fourth-order valence-corrected chi connectivity index (χ4v) is 2.16. The van der Waals surface area contributed by atoms with Gasteiger partial charge in [-0.1, -0.05) is 58.8 Å². The van der Waals surface area contributed by atoms with Crippen LogP contribution < -0.4 is 10.6 Å². The van der Waals surface area contributed by atoms with Crippen LogP contribution in [0.5, 0.6) is 0 Å². The fraction of sp³-hybridized carbons (Fsp3) is 0.941. The Hall–Kier alpha value is -0.570. The standard InChI is InChI=1S/C17H36N2O/c1-4-6-7-8-9-10-11-12-14-18-15-13-17(20)19-16(3)5-2/h16,18H,4-15H2,1-3H3,(H,19,20). The van der Waals surface area contributed by atoms with Crippen molar-refractivity contribution < 1.29 is 4.79 Å². The summed E-state index contributed by atoms with van der Waals surface area (Å²) in [5, 5.41) is 6.34. The van der Waals surface area contributed by atoms with Crippen LogP contribution >= 0.6 is 0 Å². The molecule has 3 heteroatoms. The second kappa shape index (κ2) is 14.8. The van der Waals surface area contributed by atoms with Gasteiger partial charge in [0.1, 0.15) is 0 Å². The van der Waals surface area contributed by atoms with Gasteiger partial charge in [0.05, 0.1) is 0 Å². The summed E-state index contributed by atoms with van der Waals surface area (Å²) in [5.41, 5.74) is 0. The molecule has 0 aromatic carbocycles. The van der Waals surface area contributed by atoms with Crippen LogP contribution in [0, 0.1) is 0 Å². The molecule has 0 aromatic heterocycles. The van der Waals surface area contributed by atoms with Crippen molar-refractivity contribution in [2.75, 3.05) is 13.1 Å². The predicted molar refractivity (Wildman–Crippen MR) is 88.0 cm³/mol. The number of nitrogens with one attached hydrogen (secondary N) is 2. The molecule has 3 nitrogen and oxygen atoms in total. The Kier molecular flexibility index (Phi) is 14.4. The van der Waals surface area contributed by atoms with E-state index in [9.17, 15) is 4.79 Å². The number of unbranched alkanes of at least 4 members (excludes halogenated alkanes) is 7. The average Bonchev–Trinajstić information content (AvgIpc) is 2.44. The minimum atomic E-state index is 0.169. The molecule has 0 aromatic rings. The molecule has 0 fully saturated rings. The maximum atomic E-state index is 11.5. The van der Waals surface area contributed by atoms with Crippen molar-refractivity contribution in [1.82, 2.24) is 10.6 Å². The molecule has 0 spiro atoms. The first kappa shape index (κ1) is 19.4. The molecule has 0 aliphatic heterocycles. The molecule has 120 valence electrons. The van der Waals surface area contributed by atoms with E-state index in [0.29, 0.717) is 12.5 Å². The van der Waals surface area contributed by atoms with Crippen LogP contribution in [0.4, 0.5) is 0 Å². The highest BCUT2D eigenvalue weighted by Crippen LogP contribution is 2.07. The summed E-state index contributed by atoms with van der Waals surface area (Å²) in [6.07, 6.45) is 12.4. The van der Waals surface area contributed by atoms with Gasteiger partial charge in [0.15, 0.2) is 0 Å². The Morgan fingerprint density at radius 2 is 1.50 bits per heavy atom. The van der Waals surface area contributed by atoms with Gasteiger partial charge in [0.2, 0.25) is 5.91 Å².